The van der Waals surface area contributed by atoms with Gasteiger partial charge in [0.05, 0.1) is 5.52 Å². The number of aromatic nitrogens is 1. The first kappa shape index (κ1) is 10.8. The second-order valence-corrected chi connectivity index (χ2v) is 3.70. The highest BCUT2D eigenvalue weighted by atomic mass is 19.2. The Kier molecular flexibility index (Phi) is 2.50. The van der Waals surface area contributed by atoms with Gasteiger partial charge in [0.15, 0.2) is 17.1 Å². The summed E-state index contributed by atoms with van der Waals surface area (Å²) >= 11 is 0. The van der Waals surface area contributed by atoms with Crippen LogP contribution in [-0.2, 0) is 6.42 Å². The van der Waals surface area contributed by atoms with Crippen LogP contribution in [-0.4, -0.2) is 4.98 Å². The molecule has 0 atom stereocenters. The summed E-state index contributed by atoms with van der Waals surface area (Å²) in [4.78, 5) is 14.7. The van der Waals surface area contributed by atoms with E-state index in [0.29, 0.717) is 17.7 Å². The molecular formula is C12H11F2NO. The number of pyridine rings is 1. The van der Waals surface area contributed by atoms with E-state index >= 15 is 0 Å². The molecule has 0 aliphatic heterocycles. The van der Waals surface area contributed by atoms with Crippen molar-refractivity contribution in [2.75, 3.05) is 0 Å². The fraction of sp³-hybridized carbons (Fsp3) is 0.250. The van der Waals surface area contributed by atoms with Crippen LogP contribution in [0.2, 0.25) is 0 Å². The van der Waals surface area contributed by atoms with Crippen molar-refractivity contribution in [2.45, 2.75) is 20.3 Å². The van der Waals surface area contributed by atoms with Gasteiger partial charge in [0.2, 0.25) is 0 Å². The summed E-state index contributed by atoms with van der Waals surface area (Å²) in [5, 5.41) is 0.196. The van der Waals surface area contributed by atoms with Gasteiger partial charge in [0.1, 0.15) is 0 Å². The molecule has 2 nitrogen and oxygen atoms in total. The van der Waals surface area contributed by atoms with Gasteiger partial charge in [-0.25, -0.2) is 8.78 Å². The van der Waals surface area contributed by atoms with Crippen LogP contribution in [0, 0.1) is 18.6 Å². The number of H-pyrrole nitrogens is 1. The highest BCUT2D eigenvalue weighted by Crippen LogP contribution is 2.17. The van der Waals surface area contributed by atoms with Crippen LogP contribution in [0.1, 0.15) is 18.2 Å². The number of halogens is 2. The number of fused-ring (bicyclic) bond motifs is 1. The molecule has 0 aliphatic rings. The lowest BCUT2D eigenvalue weighted by Gasteiger charge is -2.06. The van der Waals surface area contributed by atoms with Gasteiger partial charge < -0.3 is 4.98 Å². The Balaban J connectivity index is 2.99. The summed E-state index contributed by atoms with van der Waals surface area (Å²) in [5.41, 5.74) is 0.912. The zero-order valence-electron chi connectivity index (χ0n) is 9.03. The monoisotopic (exact) mass is 223 g/mol. The molecule has 0 fully saturated rings. The van der Waals surface area contributed by atoms with Gasteiger partial charge in [-0.2, -0.15) is 0 Å². The summed E-state index contributed by atoms with van der Waals surface area (Å²) in [5.74, 6) is -1.95. The van der Waals surface area contributed by atoms with Gasteiger partial charge >= 0.3 is 0 Å². The van der Waals surface area contributed by atoms with Crippen molar-refractivity contribution in [1.82, 2.24) is 4.98 Å². The molecule has 0 bridgehead atoms. The SMILES string of the molecule is CCc1c(C)[nH]c2c(F)c(F)ccc2c1=O. The van der Waals surface area contributed by atoms with E-state index in [2.05, 4.69) is 4.98 Å². The third-order valence-corrected chi connectivity index (χ3v) is 2.73. The van der Waals surface area contributed by atoms with Crippen molar-refractivity contribution in [3.8, 4) is 0 Å². The predicted octanol–water partition coefficient (Wildman–Crippen LogP) is 2.68. The zero-order valence-corrected chi connectivity index (χ0v) is 9.03. The minimum Gasteiger partial charge on any atom is -0.356 e. The highest BCUT2D eigenvalue weighted by molar-refractivity contribution is 5.80. The number of aryl methyl sites for hydroxylation is 1. The fourth-order valence-corrected chi connectivity index (χ4v) is 1.88. The molecule has 1 aromatic carbocycles. The summed E-state index contributed by atoms with van der Waals surface area (Å²) < 4.78 is 26.4. The Morgan fingerprint density at radius 2 is 2.00 bits per heavy atom. The van der Waals surface area contributed by atoms with Crippen molar-refractivity contribution in [2.24, 2.45) is 0 Å². The molecule has 0 saturated carbocycles. The van der Waals surface area contributed by atoms with E-state index in [9.17, 15) is 13.6 Å². The van der Waals surface area contributed by atoms with E-state index < -0.39 is 11.6 Å². The normalized spacial score (nSPS) is 11.0. The molecule has 0 radical (unpaired) electrons. The quantitative estimate of drug-likeness (QED) is 0.792. The minimum atomic E-state index is -1.000. The van der Waals surface area contributed by atoms with Crippen molar-refractivity contribution < 1.29 is 8.78 Å². The molecule has 16 heavy (non-hydrogen) atoms. The topological polar surface area (TPSA) is 32.9 Å². The van der Waals surface area contributed by atoms with E-state index in [1.165, 1.54) is 6.07 Å². The lowest BCUT2D eigenvalue weighted by atomic mass is 10.1. The molecule has 1 aromatic heterocycles. The van der Waals surface area contributed by atoms with Crippen molar-refractivity contribution in [3.05, 3.63) is 45.2 Å². The van der Waals surface area contributed by atoms with Gasteiger partial charge in [-0.1, -0.05) is 6.92 Å². The van der Waals surface area contributed by atoms with Gasteiger partial charge in [-0.15, -0.1) is 0 Å². The van der Waals surface area contributed by atoms with E-state index in [1.807, 2.05) is 6.92 Å². The molecule has 0 amide bonds. The number of nitrogens with one attached hydrogen (secondary N) is 1. The van der Waals surface area contributed by atoms with Crippen LogP contribution in [0.25, 0.3) is 10.9 Å². The lowest BCUT2D eigenvalue weighted by Crippen LogP contribution is -2.13. The molecule has 84 valence electrons. The first-order valence-electron chi connectivity index (χ1n) is 5.05. The Morgan fingerprint density at radius 1 is 1.31 bits per heavy atom. The van der Waals surface area contributed by atoms with Crippen LogP contribution < -0.4 is 5.43 Å². The van der Waals surface area contributed by atoms with Crippen molar-refractivity contribution in [3.63, 3.8) is 0 Å². The average Bonchev–Trinajstić information content (AvgIpc) is 2.25. The third-order valence-electron chi connectivity index (χ3n) is 2.73. The Morgan fingerprint density at radius 3 is 2.62 bits per heavy atom. The Labute approximate surface area is 90.9 Å². The number of benzene rings is 1. The number of hydrogen-bond acceptors (Lipinski definition) is 1. The average molecular weight is 223 g/mol. The van der Waals surface area contributed by atoms with E-state index in [-0.39, 0.29) is 16.3 Å². The van der Waals surface area contributed by atoms with Gasteiger partial charge in [0.25, 0.3) is 0 Å². The van der Waals surface area contributed by atoms with E-state index in [1.54, 1.807) is 6.92 Å². The molecule has 4 heteroatoms. The smallest absolute Gasteiger partial charge is 0.192 e. The zero-order chi connectivity index (χ0) is 11.9. The number of aromatic amines is 1. The summed E-state index contributed by atoms with van der Waals surface area (Å²) in [6, 6.07) is 2.28. The van der Waals surface area contributed by atoms with Crippen LogP contribution in [0.5, 0.6) is 0 Å². The van der Waals surface area contributed by atoms with Crippen molar-refractivity contribution >= 4 is 10.9 Å². The Bertz CT molecular complexity index is 616. The largest absolute Gasteiger partial charge is 0.356 e. The molecule has 0 saturated heterocycles. The molecule has 1 heterocycles. The van der Waals surface area contributed by atoms with E-state index in [4.69, 9.17) is 0 Å². The molecule has 2 rings (SSSR count). The minimum absolute atomic E-state index is 0.0558. The molecule has 0 spiro atoms. The van der Waals surface area contributed by atoms with Gasteiger partial charge in [-0.05, 0) is 25.5 Å². The highest BCUT2D eigenvalue weighted by Gasteiger charge is 2.13. The van der Waals surface area contributed by atoms with E-state index in [0.717, 1.165) is 6.07 Å². The first-order valence-corrected chi connectivity index (χ1v) is 5.05. The van der Waals surface area contributed by atoms with Crippen LogP contribution in [0.4, 0.5) is 8.78 Å². The molecule has 0 aliphatic carbocycles. The summed E-state index contributed by atoms with van der Waals surface area (Å²) in [6.45, 7) is 3.54. The van der Waals surface area contributed by atoms with Crippen molar-refractivity contribution in [1.29, 1.82) is 0 Å². The first-order chi connectivity index (χ1) is 7.56. The third kappa shape index (κ3) is 1.41. The second kappa shape index (κ2) is 3.70. The standard InChI is InChI=1S/C12H11F2NO/c1-3-7-6(2)15-11-8(12(7)16)4-5-9(13)10(11)14/h4-5H,3H2,1-2H3,(H,15,16). The maximum Gasteiger partial charge on any atom is 0.192 e. The lowest BCUT2D eigenvalue weighted by molar-refractivity contribution is 0.515. The fourth-order valence-electron chi connectivity index (χ4n) is 1.88. The van der Waals surface area contributed by atoms with Gasteiger partial charge in [0, 0.05) is 16.6 Å². The maximum atomic E-state index is 13.4. The van der Waals surface area contributed by atoms with Gasteiger partial charge in [-0.3, -0.25) is 4.79 Å². The second-order valence-electron chi connectivity index (χ2n) is 3.70. The predicted molar refractivity (Wildman–Crippen MR) is 58.6 cm³/mol. The number of hydrogen-bond donors (Lipinski definition) is 1. The van der Waals surface area contributed by atoms with Crippen LogP contribution >= 0.6 is 0 Å². The summed E-state index contributed by atoms with van der Waals surface area (Å²) in [7, 11) is 0. The van der Waals surface area contributed by atoms with Crippen LogP contribution in [0.3, 0.4) is 0 Å². The Hall–Kier alpha value is -1.71. The molecule has 1 N–H and O–H groups in total. The molecule has 0 unspecified atom stereocenters. The summed E-state index contributed by atoms with van der Waals surface area (Å²) in [6.07, 6.45) is 0.566. The van der Waals surface area contributed by atoms with Crippen LogP contribution in [0.15, 0.2) is 16.9 Å². The molecular weight excluding hydrogens is 212 g/mol. The number of rotatable bonds is 1. The maximum absolute atomic E-state index is 13.4. The molecule has 2 aromatic rings.